The summed E-state index contributed by atoms with van der Waals surface area (Å²) in [6, 6.07) is 0. The topological polar surface area (TPSA) is 0 Å². The Morgan fingerprint density at radius 2 is 2.38 bits per heavy atom. The van der Waals surface area contributed by atoms with Crippen LogP contribution in [0.4, 0.5) is 0 Å². The fourth-order valence-electron chi connectivity index (χ4n) is 0.715. The van der Waals surface area contributed by atoms with Crippen LogP contribution in [0.3, 0.4) is 0 Å². The van der Waals surface area contributed by atoms with Gasteiger partial charge in [-0.3, -0.25) is 0 Å². The molecular formula is C5H9NaS2. The van der Waals surface area contributed by atoms with Gasteiger partial charge in [0.05, 0.1) is 0 Å². The summed E-state index contributed by atoms with van der Waals surface area (Å²) in [7, 11) is 0. The molecule has 0 saturated carbocycles. The van der Waals surface area contributed by atoms with Crippen molar-refractivity contribution in [2.45, 2.75) is 6.42 Å². The Morgan fingerprint density at radius 1 is 1.62 bits per heavy atom. The maximum absolute atomic E-state index is 4.90. The summed E-state index contributed by atoms with van der Waals surface area (Å²) in [4.78, 5) is 0. The van der Waals surface area contributed by atoms with E-state index >= 15 is 0 Å². The van der Waals surface area contributed by atoms with E-state index in [9.17, 15) is 0 Å². The van der Waals surface area contributed by atoms with Gasteiger partial charge in [-0.15, -0.1) is 0 Å². The molecule has 1 saturated heterocycles. The van der Waals surface area contributed by atoms with Crippen molar-refractivity contribution in [1.29, 1.82) is 0 Å². The molecule has 3 heteroatoms. The summed E-state index contributed by atoms with van der Waals surface area (Å²) >= 11 is 6.94. The first-order valence-electron chi connectivity index (χ1n) is 2.59. The van der Waals surface area contributed by atoms with Crippen molar-refractivity contribution in [1.82, 2.24) is 0 Å². The second kappa shape index (κ2) is 5.48. The maximum Gasteiger partial charge on any atom is 1.00 e. The molecule has 8 heavy (non-hydrogen) atoms. The van der Waals surface area contributed by atoms with Crippen LogP contribution < -0.4 is 29.6 Å². The molecule has 1 fully saturated rings. The van der Waals surface area contributed by atoms with Gasteiger partial charge in [-0.05, 0) is 17.9 Å². The molecule has 0 aliphatic carbocycles. The van der Waals surface area contributed by atoms with Gasteiger partial charge in [0.25, 0.3) is 0 Å². The third kappa shape index (κ3) is 3.02. The van der Waals surface area contributed by atoms with E-state index in [2.05, 4.69) is 0 Å². The average molecular weight is 156 g/mol. The van der Waals surface area contributed by atoms with E-state index in [1.54, 1.807) is 0 Å². The van der Waals surface area contributed by atoms with Gasteiger partial charge in [-0.1, -0.05) is 5.92 Å². The second-order valence-electron chi connectivity index (χ2n) is 1.90. The monoisotopic (exact) mass is 156 g/mol. The minimum absolute atomic E-state index is 0. The normalized spacial score (nSPS) is 27.4. The van der Waals surface area contributed by atoms with Crippen molar-refractivity contribution in [3.63, 3.8) is 0 Å². The molecule has 1 aliphatic rings. The molecule has 0 aromatic rings. The predicted octanol–water partition coefficient (Wildman–Crippen LogP) is -1.71. The van der Waals surface area contributed by atoms with Crippen LogP contribution in [0, 0.1) is 5.92 Å². The Balaban J connectivity index is 0.000000490. The molecule has 0 radical (unpaired) electrons. The van der Waals surface area contributed by atoms with Crippen LogP contribution in [0.25, 0.3) is 0 Å². The Hall–Kier alpha value is 1.70. The quantitative estimate of drug-likeness (QED) is 0.327. The van der Waals surface area contributed by atoms with E-state index in [1.807, 2.05) is 11.8 Å². The van der Waals surface area contributed by atoms with Crippen LogP contribution in [0.2, 0.25) is 0 Å². The summed E-state index contributed by atoms with van der Waals surface area (Å²) in [5, 5.41) is 0. The first-order valence-corrected chi connectivity index (χ1v) is 4.32. The van der Waals surface area contributed by atoms with Crippen molar-refractivity contribution >= 4 is 24.4 Å². The Kier molecular flexibility index (Phi) is 6.65. The largest absolute Gasteiger partial charge is 1.00 e. The van der Waals surface area contributed by atoms with Gasteiger partial charge >= 0.3 is 29.6 Å². The molecular weight excluding hydrogens is 147 g/mol. The molecule has 0 bridgehead atoms. The van der Waals surface area contributed by atoms with Crippen molar-refractivity contribution in [3.05, 3.63) is 0 Å². The zero-order valence-corrected chi connectivity index (χ0v) is 8.86. The van der Waals surface area contributed by atoms with Crippen LogP contribution in [-0.4, -0.2) is 17.3 Å². The van der Waals surface area contributed by atoms with Gasteiger partial charge in [0, 0.05) is 0 Å². The van der Waals surface area contributed by atoms with Gasteiger partial charge in [-0.25, -0.2) is 0 Å². The fourth-order valence-corrected chi connectivity index (χ4v) is 2.43. The summed E-state index contributed by atoms with van der Waals surface area (Å²) in [6.45, 7) is 0. The molecule has 0 N–H and O–H groups in total. The molecule has 0 amide bonds. The zero-order valence-electron chi connectivity index (χ0n) is 5.22. The third-order valence-corrected chi connectivity index (χ3v) is 2.96. The van der Waals surface area contributed by atoms with Gasteiger partial charge in [0.15, 0.2) is 0 Å². The Labute approximate surface area is 82.9 Å². The fraction of sp³-hybridized carbons (Fsp3) is 1.00. The molecule has 1 rings (SSSR count). The summed E-state index contributed by atoms with van der Waals surface area (Å²) < 4.78 is 0. The van der Waals surface area contributed by atoms with Crippen LogP contribution >= 0.6 is 11.8 Å². The van der Waals surface area contributed by atoms with Crippen molar-refractivity contribution in [3.8, 4) is 0 Å². The minimum Gasteiger partial charge on any atom is -0.792 e. The maximum atomic E-state index is 4.90. The van der Waals surface area contributed by atoms with Crippen molar-refractivity contribution in [2.24, 2.45) is 5.92 Å². The molecule has 1 aliphatic heterocycles. The summed E-state index contributed by atoms with van der Waals surface area (Å²) in [6.07, 6.45) is 1.37. The van der Waals surface area contributed by atoms with Gasteiger partial charge in [0.2, 0.25) is 0 Å². The summed E-state index contributed by atoms with van der Waals surface area (Å²) in [5.74, 6) is 4.53. The summed E-state index contributed by atoms with van der Waals surface area (Å²) in [5.41, 5.74) is 0. The molecule has 1 atom stereocenters. The van der Waals surface area contributed by atoms with E-state index in [4.69, 9.17) is 12.6 Å². The van der Waals surface area contributed by atoms with Gasteiger partial charge in [0.1, 0.15) is 0 Å². The molecule has 1 heterocycles. The van der Waals surface area contributed by atoms with Crippen LogP contribution in [0.15, 0.2) is 0 Å². The molecule has 0 spiro atoms. The Morgan fingerprint density at radius 3 is 2.62 bits per heavy atom. The number of rotatable bonds is 1. The predicted molar refractivity (Wildman–Crippen MR) is 37.7 cm³/mol. The van der Waals surface area contributed by atoms with Crippen LogP contribution in [0.1, 0.15) is 6.42 Å². The standard InChI is InChI=1S/C5H10S2.Na/c6-3-5-1-2-7-4-5;/h5-6H,1-4H2;/q;+1/p-1. The molecule has 0 aromatic heterocycles. The number of hydrogen-bond donors (Lipinski definition) is 0. The van der Waals surface area contributed by atoms with Crippen LogP contribution in [0.5, 0.6) is 0 Å². The number of hydrogen-bond acceptors (Lipinski definition) is 2. The zero-order chi connectivity index (χ0) is 5.11. The van der Waals surface area contributed by atoms with Gasteiger partial charge in [-0.2, -0.15) is 17.5 Å². The molecule has 0 aromatic carbocycles. The van der Waals surface area contributed by atoms with E-state index in [-0.39, 0.29) is 29.6 Å². The average Bonchev–Trinajstić information content (AvgIpc) is 2.14. The van der Waals surface area contributed by atoms with Crippen molar-refractivity contribution in [2.75, 3.05) is 17.3 Å². The number of thioether (sulfide) groups is 1. The van der Waals surface area contributed by atoms with E-state index in [0.717, 1.165) is 11.7 Å². The Bertz CT molecular complexity index is 52.4. The van der Waals surface area contributed by atoms with Crippen molar-refractivity contribution < 1.29 is 29.6 Å². The SMILES string of the molecule is [Na+].[S-]CC1CCSC1. The minimum atomic E-state index is 0. The van der Waals surface area contributed by atoms with Gasteiger partial charge < -0.3 is 12.6 Å². The second-order valence-corrected chi connectivity index (χ2v) is 3.38. The van der Waals surface area contributed by atoms with Crippen LogP contribution in [-0.2, 0) is 12.6 Å². The molecule has 0 nitrogen and oxygen atoms in total. The molecule has 1 unspecified atom stereocenters. The smallest absolute Gasteiger partial charge is 0.792 e. The van der Waals surface area contributed by atoms with E-state index in [0.29, 0.717) is 0 Å². The first kappa shape index (κ1) is 9.70. The molecule has 42 valence electrons. The first-order chi connectivity index (χ1) is 3.43. The third-order valence-electron chi connectivity index (χ3n) is 1.26. The van der Waals surface area contributed by atoms with E-state index in [1.165, 1.54) is 17.9 Å². The van der Waals surface area contributed by atoms with E-state index < -0.39 is 0 Å².